The molecule has 2 rings (SSSR count). The van der Waals surface area contributed by atoms with Crippen molar-refractivity contribution in [2.75, 3.05) is 57.9 Å². The first kappa shape index (κ1) is 13.7. The van der Waals surface area contributed by atoms with E-state index in [0.29, 0.717) is 0 Å². The fourth-order valence-electron chi connectivity index (χ4n) is 2.21. The van der Waals surface area contributed by atoms with E-state index in [4.69, 9.17) is 0 Å². The second-order valence-electron chi connectivity index (χ2n) is 4.77. The minimum absolute atomic E-state index is 1.03. The van der Waals surface area contributed by atoms with Gasteiger partial charge in [0.2, 0.25) is 0 Å². The molecule has 0 unspecified atom stereocenters. The lowest BCUT2D eigenvalue weighted by Crippen LogP contribution is -2.45. The summed E-state index contributed by atoms with van der Waals surface area (Å²) in [6, 6.07) is 8.52. The average Bonchev–Trinajstić information content (AvgIpc) is 2.41. The lowest BCUT2D eigenvalue weighted by atomic mass is 10.3. The minimum atomic E-state index is 1.03. The van der Waals surface area contributed by atoms with Crippen molar-refractivity contribution < 1.29 is 0 Å². The Hall–Kier alpha value is -0.710. The number of para-hydroxylation sites is 1. The van der Waals surface area contributed by atoms with Crippen molar-refractivity contribution in [2.24, 2.45) is 0 Å². The van der Waals surface area contributed by atoms with Crippen molar-refractivity contribution in [2.45, 2.75) is 4.90 Å². The van der Waals surface area contributed by atoms with Crippen LogP contribution in [0, 0.1) is 0 Å². The van der Waals surface area contributed by atoms with Gasteiger partial charge in [-0.2, -0.15) is 0 Å². The topological polar surface area (TPSA) is 18.5 Å². The Morgan fingerprint density at radius 1 is 1.17 bits per heavy atom. The maximum atomic E-state index is 3.55. The Labute approximate surface area is 115 Å². The van der Waals surface area contributed by atoms with Gasteiger partial charge in [0.25, 0.3) is 0 Å². The van der Waals surface area contributed by atoms with Gasteiger partial charge in [0.05, 0.1) is 0 Å². The molecule has 1 fully saturated rings. The summed E-state index contributed by atoms with van der Waals surface area (Å²) in [4.78, 5) is 6.26. The van der Waals surface area contributed by atoms with Crippen LogP contribution in [0.25, 0.3) is 0 Å². The average molecular weight is 265 g/mol. The summed E-state index contributed by atoms with van der Waals surface area (Å²) in [6.45, 7) is 6.95. The molecule has 1 saturated heterocycles. The maximum Gasteiger partial charge on any atom is 0.0478 e. The first-order valence-corrected chi connectivity index (χ1v) is 7.80. The van der Waals surface area contributed by atoms with E-state index in [1.165, 1.54) is 36.8 Å². The van der Waals surface area contributed by atoms with E-state index in [2.05, 4.69) is 52.7 Å². The molecule has 0 radical (unpaired) electrons. The normalized spacial score (nSPS) is 17.9. The quantitative estimate of drug-likeness (QED) is 0.821. The monoisotopic (exact) mass is 265 g/mol. The molecule has 100 valence electrons. The van der Waals surface area contributed by atoms with Gasteiger partial charge in [-0.1, -0.05) is 12.1 Å². The van der Waals surface area contributed by atoms with Crippen molar-refractivity contribution in [1.82, 2.24) is 9.80 Å². The summed E-state index contributed by atoms with van der Waals surface area (Å²) in [5.41, 5.74) is 1.26. The van der Waals surface area contributed by atoms with Crippen LogP contribution in [0.4, 0.5) is 5.69 Å². The molecule has 0 spiro atoms. The van der Waals surface area contributed by atoms with Crippen LogP contribution in [0.3, 0.4) is 0 Å². The molecule has 4 heteroatoms. The molecule has 1 aromatic carbocycles. The van der Waals surface area contributed by atoms with E-state index in [1.54, 1.807) is 11.8 Å². The molecule has 1 N–H and O–H groups in total. The lowest BCUT2D eigenvalue weighted by Gasteiger charge is -2.32. The molecule has 1 aliphatic rings. The predicted octanol–water partition coefficient (Wildman–Crippen LogP) is 2.07. The van der Waals surface area contributed by atoms with Crippen LogP contribution in [0.15, 0.2) is 29.2 Å². The van der Waals surface area contributed by atoms with Crippen molar-refractivity contribution in [3.63, 3.8) is 0 Å². The predicted molar refractivity (Wildman–Crippen MR) is 80.6 cm³/mol. The highest BCUT2D eigenvalue weighted by atomic mass is 32.2. The van der Waals surface area contributed by atoms with Crippen LogP contribution in [0.2, 0.25) is 0 Å². The minimum Gasteiger partial charge on any atom is -0.383 e. The van der Waals surface area contributed by atoms with Crippen LogP contribution in [0.5, 0.6) is 0 Å². The SMILES string of the molecule is CSc1ccccc1NCCN1CCN(C)CC1. The van der Waals surface area contributed by atoms with Crippen LogP contribution in [-0.2, 0) is 0 Å². The molecule has 0 saturated carbocycles. The third-order valence-electron chi connectivity index (χ3n) is 3.45. The van der Waals surface area contributed by atoms with Gasteiger partial charge in [0.1, 0.15) is 0 Å². The van der Waals surface area contributed by atoms with E-state index < -0.39 is 0 Å². The van der Waals surface area contributed by atoms with Gasteiger partial charge in [0, 0.05) is 49.9 Å². The first-order chi connectivity index (χ1) is 8.79. The molecule has 1 heterocycles. The fourth-order valence-corrected chi connectivity index (χ4v) is 2.79. The van der Waals surface area contributed by atoms with Crippen molar-refractivity contribution >= 4 is 17.4 Å². The standard InChI is InChI=1S/C14H23N3S/c1-16-9-11-17(12-10-16)8-7-15-13-5-3-4-6-14(13)18-2/h3-6,15H,7-12H2,1-2H3. The highest BCUT2D eigenvalue weighted by Gasteiger charge is 2.12. The molecular formula is C14H23N3S. The van der Waals surface area contributed by atoms with E-state index in [0.717, 1.165) is 13.1 Å². The Bertz CT molecular complexity index is 362. The number of anilines is 1. The van der Waals surface area contributed by atoms with Crippen molar-refractivity contribution in [3.05, 3.63) is 24.3 Å². The molecule has 0 bridgehead atoms. The van der Waals surface area contributed by atoms with Crippen LogP contribution < -0.4 is 5.32 Å². The molecule has 0 amide bonds. The smallest absolute Gasteiger partial charge is 0.0478 e. The summed E-state index contributed by atoms with van der Waals surface area (Å²) in [5.74, 6) is 0. The third kappa shape index (κ3) is 3.90. The second-order valence-corrected chi connectivity index (χ2v) is 5.62. The fraction of sp³-hybridized carbons (Fsp3) is 0.571. The number of hydrogen-bond donors (Lipinski definition) is 1. The summed E-state index contributed by atoms with van der Waals surface area (Å²) in [5, 5.41) is 3.55. The van der Waals surface area contributed by atoms with E-state index in [1.807, 2.05) is 0 Å². The Morgan fingerprint density at radius 2 is 1.89 bits per heavy atom. The van der Waals surface area contributed by atoms with Gasteiger partial charge in [0.15, 0.2) is 0 Å². The highest BCUT2D eigenvalue weighted by molar-refractivity contribution is 7.98. The van der Waals surface area contributed by atoms with E-state index in [-0.39, 0.29) is 0 Å². The second kappa shape index (κ2) is 7.02. The lowest BCUT2D eigenvalue weighted by molar-refractivity contribution is 0.158. The van der Waals surface area contributed by atoms with Gasteiger partial charge >= 0.3 is 0 Å². The number of hydrogen-bond acceptors (Lipinski definition) is 4. The van der Waals surface area contributed by atoms with Crippen molar-refractivity contribution in [1.29, 1.82) is 0 Å². The molecule has 3 nitrogen and oxygen atoms in total. The molecule has 1 aliphatic heterocycles. The Balaban J connectivity index is 1.75. The summed E-state index contributed by atoms with van der Waals surface area (Å²) < 4.78 is 0. The number of thioether (sulfide) groups is 1. The molecule has 0 aliphatic carbocycles. The summed E-state index contributed by atoms with van der Waals surface area (Å²) in [7, 11) is 2.20. The van der Waals surface area contributed by atoms with Gasteiger partial charge in [-0.05, 0) is 25.4 Å². The largest absolute Gasteiger partial charge is 0.383 e. The number of rotatable bonds is 5. The third-order valence-corrected chi connectivity index (χ3v) is 4.24. The highest BCUT2D eigenvalue weighted by Crippen LogP contribution is 2.24. The van der Waals surface area contributed by atoms with Crippen LogP contribution >= 0.6 is 11.8 Å². The number of piperazine rings is 1. The number of benzene rings is 1. The van der Waals surface area contributed by atoms with E-state index >= 15 is 0 Å². The number of nitrogens with zero attached hydrogens (tertiary/aromatic N) is 2. The maximum absolute atomic E-state index is 3.55. The van der Waals surface area contributed by atoms with E-state index in [9.17, 15) is 0 Å². The number of nitrogens with one attached hydrogen (secondary N) is 1. The summed E-state index contributed by atoms with van der Waals surface area (Å²) >= 11 is 1.80. The molecule has 1 aromatic rings. The zero-order valence-corrected chi connectivity index (χ0v) is 12.2. The molecular weight excluding hydrogens is 242 g/mol. The zero-order chi connectivity index (χ0) is 12.8. The van der Waals surface area contributed by atoms with Gasteiger partial charge in [-0.3, -0.25) is 4.90 Å². The zero-order valence-electron chi connectivity index (χ0n) is 11.4. The summed E-state index contributed by atoms with van der Waals surface area (Å²) in [6.07, 6.45) is 2.13. The Kier molecular flexibility index (Phi) is 5.35. The number of likely N-dealkylation sites (N-methyl/N-ethyl adjacent to an activating group) is 1. The van der Waals surface area contributed by atoms with Crippen molar-refractivity contribution in [3.8, 4) is 0 Å². The molecule has 18 heavy (non-hydrogen) atoms. The first-order valence-electron chi connectivity index (χ1n) is 6.57. The van der Waals surface area contributed by atoms with Crippen LogP contribution in [-0.4, -0.2) is 62.4 Å². The van der Waals surface area contributed by atoms with Gasteiger partial charge < -0.3 is 10.2 Å². The van der Waals surface area contributed by atoms with Crippen LogP contribution in [0.1, 0.15) is 0 Å². The molecule has 0 aromatic heterocycles. The Morgan fingerprint density at radius 3 is 2.61 bits per heavy atom. The van der Waals surface area contributed by atoms with Gasteiger partial charge in [-0.15, -0.1) is 11.8 Å². The molecule has 0 atom stereocenters. The van der Waals surface area contributed by atoms with Gasteiger partial charge in [-0.25, -0.2) is 0 Å².